The van der Waals surface area contributed by atoms with Crippen LogP contribution in [0.15, 0.2) is 36.4 Å². The lowest BCUT2D eigenvalue weighted by Gasteiger charge is -2.18. The van der Waals surface area contributed by atoms with Crippen molar-refractivity contribution in [1.82, 2.24) is 0 Å². The molecule has 0 N–H and O–H groups in total. The third-order valence-corrected chi connectivity index (χ3v) is 2.41. The van der Waals surface area contributed by atoms with E-state index in [0.29, 0.717) is 13.2 Å². The molecule has 0 saturated heterocycles. The summed E-state index contributed by atoms with van der Waals surface area (Å²) in [5.74, 6) is 1.71. The quantitative estimate of drug-likeness (QED) is 0.629. The molecule has 0 bridgehead atoms. The van der Waals surface area contributed by atoms with Gasteiger partial charge in [0.15, 0.2) is 11.5 Å². The molecule has 2 nitrogen and oxygen atoms in total. The monoisotopic (exact) mass is 186 g/mol. The zero-order chi connectivity index (χ0) is 9.38. The molecule has 0 saturated carbocycles. The van der Waals surface area contributed by atoms with Crippen molar-refractivity contribution in [2.75, 3.05) is 13.2 Å². The smallest absolute Gasteiger partial charge is 0.161 e. The van der Waals surface area contributed by atoms with Gasteiger partial charge in [-0.3, -0.25) is 0 Å². The molecule has 0 unspecified atom stereocenters. The van der Waals surface area contributed by atoms with E-state index in [1.807, 2.05) is 24.3 Å². The Morgan fingerprint density at radius 3 is 1.79 bits per heavy atom. The fourth-order valence-corrected chi connectivity index (χ4v) is 1.73. The predicted octanol–water partition coefficient (Wildman–Crippen LogP) is 2.61. The van der Waals surface area contributed by atoms with Crippen LogP contribution in [-0.4, -0.2) is 13.2 Å². The third kappa shape index (κ3) is 1.11. The van der Waals surface area contributed by atoms with Crippen molar-refractivity contribution in [2.24, 2.45) is 0 Å². The number of benzene rings is 2. The number of hydrogen-bond donors (Lipinski definition) is 0. The van der Waals surface area contributed by atoms with E-state index in [1.54, 1.807) is 0 Å². The van der Waals surface area contributed by atoms with E-state index < -0.39 is 0 Å². The maximum absolute atomic E-state index is 5.51. The van der Waals surface area contributed by atoms with Crippen LogP contribution in [0.25, 0.3) is 10.8 Å². The Hall–Kier alpha value is -1.70. The van der Waals surface area contributed by atoms with Gasteiger partial charge in [0, 0.05) is 0 Å². The summed E-state index contributed by atoms with van der Waals surface area (Å²) >= 11 is 0. The Balaban J connectivity index is 2.27. The summed E-state index contributed by atoms with van der Waals surface area (Å²) in [5, 5.41) is 2.38. The van der Waals surface area contributed by atoms with Crippen molar-refractivity contribution in [2.45, 2.75) is 0 Å². The van der Waals surface area contributed by atoms with E-state index in [9.17, 15) is 0 Å². The lowest BCUT2D eigenvalue weighted by Crippen LogP contribution is -2.15. The van der Waals surface area contributed by atoms with Crippen LogP contribution >= 0.6 is 0 Å². The molecule has 1 aliphatic rings. The molecule has 0 radical (unpaired) electrons. The van der Waals surface area contributed by atoms with E-state index in [-0.39, 0.29) is 0 Å². The summed E-state index contributed by atoms with van der Waals surface area (Å²) in [5.41, 5.74) is 0. The number of hydrogen-bond acceptors (Lipinski definition) is 2. The molecule has 1 heterocycles. The molecule has 0 aromatic heterocycles. The van der Waals surface area contributed by atoms with Gasteiger partial charge in [0.2, 0.25) is 0 Å². The fraction of sp³-hybridized carbons (Fsp3) is 0.167. The van der Waals surface area contributed by atoms with Crippen LogP contribution in [0.2, 0.25) is 0 Å². The Labute approximate surface area is 82.1 Å². The summed E-state index contributed by atoms with van der Waals surface area (Å²) in [7, 11) is 0. The van der Waals surface area contributed by atoms with Gasteiger partial charge >= 0.3 is 0 Å². The number of rotatable bonds is 0. The molecule has 14 heavy (non-hydrogen) atoms. The van der Waals surface area contributed by atoms with Gasteiger partial charge in [-0.2, -0.15) is 0 Å². The molecule has 0 aliphatic carbocycles. The minimum absolute atomic E-state index is 0.644. The molecule has 0 fully saturated rings. The lowest BCUT2D eigenvalue weighted by atomic mass is 10.1. The molecule has 2 aromatic rings. The SMILES string of the molecule is c1ccc2cc3c(cc2c1)OCCO3. The summed E-state index contributed by atoms with van der Waals surface area (Å²) in [6.45, 7) is 1.29. The summed E-state index contributed by atoms with van der Waals surface area (Å²) < 4.78 is 11.0. The van der Waals surface area contributed by atoms with Gasteiger partial charge in [0.05, 0.1) is 0 Å². The van der Waals surface area contributed by atoms with Gasteiger partial charge in [-0.15, -0.1) is 0 Å². The van der Waals surface area contributed by atoms with Crippen molar-refractivity contribution in [3.05, 3.63) is 36.4 Å². The highest BCUT2D eigenvalue weighted by atomic mass is 16.6. The van der Waals surface area contributed by atoms with Gasteiger partial charge < -0.3 is 9.47 Å². The van der Waals surface area contributed by atoms with Crippen LogP contribution in [0.3, 0.4) is 0 Å². The minimum Gasteiger partial charge on any atom is -0.486 e. The van der Waals surface area contributed by atoms with Gasteiger partial charge in [0.25, 0.3) is 0 Å². The first-order chi connectivity index (χ1) is 6.93. The van der Waals surface area contributed by atoms with E-state index in [0.717, 1.165) is 11.5 Å². The second kappa shape index (κ2) is 2.91. The van der Waals surface area contributed by atoms with E-state index >= 15 is 0 Å². The molecule has 0 atom stereocenters. The molecule has 0 spiro atoms. The van der Waals surface area contributed by atoms with Crippen molar-refractivity contribution < 1.29 is 9.47 Å². The standard InChI is InChI=1S/C12H10O2/c1-2-4-10-8-12-11(7-9(10)3-1)13-5-6-14-12/h1-4,7-8H,5-6H2. The van der Waals surface area contributed by atoms with Gasteiger partial charge in [0.1, 0.15) is 13.2 Å². The van der Waals surface area contributed by atoms with Crippen LogP contribution in [0.4, 0.5) is 0 Å². The van der Waals surface area contributed by atoms with Crippen molar-refractivity contribution in [3.8, 4) is 11.5 Å². The highest BCUT2D eigenvalue weighted by Crippen LogP contribution is 2.34. The third-order valence-electron chi connectivity index (χ3n) is 2.41. The Bertz CT molecular complexity index is 432. The molecule has 1 aliphatic heterocycles. The summed E-state index contributed by atoms with van der Waals surface area (Å²) in [6.07, 6.45) is 0. The highest BCUT2D eigenvalue weighted by Gasteiger charge is 2.11. The van der Waals surface area contributed by atoms with Crippen LogP contribution in [0.1, 0.15) is 0 Å². The van der Waals surface area contributed by atoms with Crippen LogP contribution in [-0.2, 0) is 0 Å². The van der Waals surface area contributed by atoms with E-state index in [1.165, 1.54) is 10.8 Å². The topological polar surface area (TPSA) is 18.5 Å². The van der Waals surface area contributed by atoms with Crippen molar-refractivity contribution in [1.29, 1.82) is 0 Å². The normalized spacial score (nSPS) is 14.3. The molecule has 3 rings (SSSR count). The maximum Gasteiger partial charge on any atom is 0.161 e. The van der Waals surface area contributed by atoms with Gasteiger partial charge in [-0.25, -0.2) is 0 Å². The van der Waals surface area contributed by atoms with Gasteiger partial charge in [-0.05, 0) is 22.9 Å². The average molecular weight is 186 g/mol. The summed E-state index contributed by atoms with van der Waals surface area (Å²) in [6, 6.07) is 12.3. The first-order valence-electron chi connectivity index (χ1n) is 4.72. The molecule has 70 valence electrons. The van der Waals surface area contributed by atoms with Crippen LogP contribution in [0.5, 0.6) is 11.5 Å². The van der Waals surface area contributed by atoms with Crippen LogP contribution < -0.4 is 9.47 Å². The molecule has 2 aromatic carbocycles. The Kier molecular flexibility index (Phi) is 1.60. The first kappa shape index (κ1) is 7.68. The largest absolute Gasteiger partial charge is 0.486 e. The minimum atomic E-state index is 0.644. The molecule has 2 heteroatoms. The van der Waals surface area contributed by atoms with Crippen molar-refractivity contribution >= 4 is 10.8 Å². The average Bonchev–Trinajstić information content (AvgIpc) is 2.26. The zero-order valence-corrected chi connectivity index (χ0v) is 7.69. The Morgan fingerprint density at radius 2 is 1.29 bits per heavy atom. The first-order valence-corrected chi connectivity index (χ1v) is 4.72. The Morgan fingerprint density at radius 1 is 0.786 bits per heavy atom. The lowest BCUT2D eigenvalue weighted by molar-refractivity contribution is 0.172. The van der Waals surface area contributed by atoms with E-state index in [4.69, 9.17) is 9.47 Å². The second-order valence-electron chi connectivity index (χ2n) is 3.34. The predicted molar refractivity (Wildman–Crippen MR) is 54.9 cm³/mol. The highest BCUT2D eigenvalue weighted by molar-refractivity contribution is 5.86. The van der Waals surface area contributed by atoms with Gasteiger partial charge in [-0.1, -0.05) is 24.3 Å². The summed E-state index contributed by atoms with van der Waals surface area (Å²) in [4.78, 5) is 0. The fourth-order valence-electron chi connectivity index (χ4n) is 1.73. The maximum atomic E-state index is 5.51. The number of ether oxygens (including phenoxy) is 2. The number of fused-ring (bicyclic) bond motifs is 2. The second-order valence-corrected chi connectivity index (χ2v) is 3.34. The molecular weight excluding hydrogens is 176 g/mol. The van der Waals surface area contributed by atoms with E-state index in [2.05, 4.69) is 12.1 Å². The zero-order valence-electron chi connectivity index (χ0n) is 7.69. The van der Waals surface area contributed by atoms with Crippen molar-refractivity contribution in [3.63, 3.8) is 0 Å². The van der Waals surface area contributed by atoms with Crippen LogP contribution in [0, 0.1) is 0 Å². The molecular formula is C12H10O2. The molecule has 0 amide bonds.